The van der Waals surface area contributed by atoms with Crippen LogP contribution in [0.2, 0.25) is 0 Å². The van der Waals surface area contributed by atoms with Crippen LogP contribution in [0.25, 0.3) is 0 Å². The Balaban J connectivity index is 2.84. The molecule has 0 aromatic heterocycles. The monoisotopic (exact) mass is 162 g/mol. The summed E-state index contributed by atoms with van der Waals surface area (Å²) in [6.45, 7) is 1.78. The van der Waals surface area contributed by atoms with E-state index in [1.54, 1.807) is 18.7 Å². The number of allylic oxidation sites excluding steroid dienone is 1. The van der Waals surface area contributed by atoms with Gasteiger partial charge in [0.15, 0.2) is 5.78 Å². The van der Waals surface area contributed by atoms with Crippen LogP contribution in [0.1, 0.15) is 6.92 Å². The first-order chi connectivity index (χ1) is 4.22. The largest absolute Gasteiger partial charge is 0.294 e. The van der Waals surface area contributed by atoms with Crippen molar-refractivity contribution in [2.75, 3.05) is 11.5 Å². The maximum Gasteiger partial charge on any atom is 0.169 e. The van der Waals surface area contributed by atoms with Gasteiger partial charge < -0.3 is 0 Å². The number of ketones is 1. The fraction of sp³-hybridized carbons (Fsp3) is 0.500. The van der Waals surface area contributed by atoms with Gasteiger partial charge in [0, 0.05) is 16.4 Å². The van der Waals surface area contributed by atoms with Crippen molar-refractivity contribution in [3.05, 3.63) is 10.6 Å². The highest BCUT2D eigenvalue weighted by atomic mass is 35.5. The van der Waals surface area contributed by atoms with Crippen LogP contribution in [-0.2, 0) is 4.79 Å². The van der Waals surface area contributed by atoms with Crippen LogP contribution >= 0.6 is 23.4 Å². The first-order valence-corrected chi connectivity index (χ1v) is 4.21. The summed E-state index contributed by atoms with van der Waals surface area (Å²) in [5.74, 6) is 1.58. The number of carbonyl (C=O) groups excluding carboxylic acids is 1. The first kappa shape index (κ1) is 7.16. The Morgan fingerprint density at radius 1 is 1.56 bits per heavy atom. The molecule has 0 saturated heterocycles. The summed E-state index contributed by atoms with van der Waals surface area (Å²) >= 11 is 7.28. The van der Waals surface area contributed by atoms with Gasteiger partial charge in [-0.05, 0) is 6.92 Å². The summed E-state index contributed by atoms with van der Waals surface area (Å²) in [5.41, 5.74) is 0.746. The normalized spacial score (nSPS) is 20.9. The molecule has 9 heavy (non-hydrogen) atoms. The molecular weight excluding hydrogens is 156 g/mol. The Bertz CT molecular complexity index is 174. The highest BCUT2D eigenvalue weighted by molar-refractivity contribution is 8.00. The third kappa shape index (κ3) is 1.49. The quantitative estimate of drug-likeness (QED) is 0.541. The molecule has 0 atom stereocenters. The van der Waals surface area contributed by atoms with E-state index in [1.807, 2.05) is 0 Å². The standard InChI is InChI=1S/C6H7ClOS/c1-4-5(7)2-9-3-6(4)8/h2-3H2,1H3. The van der Waals surface area contributed by atoms with Crippen LogP contribution in [0.5, 0.6) is 0 Å². The lowest BCUT2D eigenvalue weighted by Crippen LogP contribution is -2.10. The molecule has 0 spiro atoms. The Morgan fingerprint density at radius 2 is 2.22 bits per heavy atom. The molecule has 3 heteroatoms. The molecule has 0 fully saturated rings. The molecule has 1 rings (SSSR count). The minimum Gasteiger partial charge on any atom is -0.294 e. The number of hydrogen-bond donors (Lipinski definition) is 0. The summed E-state index contributed by atoms with van der Waals surface area (Å²) in [4.78, 5) is 10.8. The molecule has 0 aromatic carbocycles. The third-order valence-electron chi connectivity index (χ3n) is 1.29. The van der Waals surface area contributed by atoms with Gasteiger partial charge in [0.25, 0.3) is 0 Å². The van der Waals surface area contributed by atoms with Gasteiger partial charge in [0.1, 0.15) is 0 Å². The smallest absolute Gasteiger partial charge is 0.169 e. The summed E-state index contributed by atoms with van der Waals surface area (Å²) in [6.07, 6.45) is 0. The fourth-order valence-corrected chi connectivity index (χ4v) is 1.84. The maximum atomic E-state index is 10.8. The van der Waals surface area contributed by atoms with Crippen LogP contribution < -0.4 is 0 Å². The Kier molecular flexibility index (Phi) is 2.19. The molecule has 1 heterocycles. The summed E-state index contributed by atoms with van der Waals surface area (Å²) in [7, 11) is 0. The number of rotatable bonds is 0. The molecule has 0 saturated carbocycles. The van der Waals surface area contributed by atoms with Crippen LogP contribution in [-0.4, -0.2) is 17.3 Å². The van der Waals surface area contributed by atoms with Crippen LogP contribution in [0, 0.1) is 0 Å². The lowest BCUT2D eigenvalue weighted by atomic mass is 10.2. The van der Waals surface area contributed by atoms with Crippen molar-refractivity contribution in [2.24, 2.45) is 0 Å². The van der Waals surface area contributed by atoms with Gasteiger partial charge in [-0.3, -0.25) is 4.79 Å². The molecule has 50 valence electrons. The van der Waals surface area contributed by atoms with E-state index in [2.05, 4.69) is 0 Å². The zero-order valence-corrected chi connectivity index (χ0v) is 6.68. The van der Waals surface area contributed by atoms with Gasteiger partial charge in [0.2, 0.25) is 0 Å². The molecule has 0 bridgehead atoms. The van der Waals surface area contributed by atoms with Crippen molar-refractivity contribution in [1.29, 1.82) is 0 Å². The molecule has 1 aliphatic rings. The zero-order chi connectivity index (χ0) is 6.85. The number of carbonyl (C=O) groups is 1. The van der Waals surface area contributed by atoms with E-state index < -0.39 is 0 Å². The minimum absolute atomic E-state index is 0.177. The van der Waals surface area contributed by atoms with Crippen LogP contribution in [0.4, 0.5) is 0 Å². The number of thioether (sulfide) groups is 1. The van der Waals surface area contributed by atoms with Gasteiger partial charge in [0.05, 0.1) is 5.75 Å². The highest BCUT2D eigenvalue weighted by Gasteiger charge is 2.14. The van der Waals surface area contributed by atoms with Gasteiger partial charge in [-0.2, -0.15) is 0 Å². The van der Waals surface area contributed by atoms with E-state index in [0.717, 1.165) is 16.4 Å². The van der Waals surface area contributed by atoms with E-state index in [-0.39, 0.29) is 5.78 Å². The van der Waals surface area contributed by atoms with Crippen LogP contribution in [0.15, 0.2) is 10.6 Å². The number of halogens is 1. The van der Waals surface area contributed by atoms with Gasteiger partial charge in [-0.15, -0.1) is 11.8 Å². The minimum atomic E-state index is 0.177. The van der Waals surface area contributed by atoms with Gasteiger partial charge in [-0.25, -0.2) is 0 Å². The molecular formula is C6H7ClOS. The van der Waals surface area contributed by atoms with Crippen molar-refractivity contribution < 1.29 is 4.79 Å². The first-order valence-electron chi connectivity index (χ1n) is 2.68. The molecule has 1 aliphatic heterocycles. The average molecular weight is 163 g/mol. The van der Waals surface area contributed by atoms with Crippen molar-refractivity contribution in [1.82, 2.24) is 0 Å². The second-order valence-electron chi connectivity index (χ2n) is 1.95. The molecule has 0 unspecified atom stereocenters. The summed E-state index contributed by atoms with van der Waals surface area (Å²) in [6, 6.07) is 0. The topological polar surface area (TPSA) is 17.1 Å². The lowest BCUT2D eigenvalue weighted by Gasteiger charge is -2.09. The Morgan fingerprint density at radius 3 is 2.67 bits per heavy atom. The highest BCUT2D eigenvalue weighted by Crippen LogP contribution is 2.22. The Labute approximate surface area is 63.5 Å². The summed E-state index contributed by atoms with van der Waals surface area (Å²) in [5, 5.41) is 0.719. The predicted octanol–water partition coefficient (Wildman–Crippen LogP) is 1.82. The average Bonchev–Trinajstić information content (AvgIpc) is 1.83. The van der Waals surface area contributed by atoms with Crippen molar-refractivity contribution in [3.63, 3.8) is 0 Å². The van der Waals surface area contributed by atoms with E-state index in [0.29, 0.717) is 5.75 Å². The molecule has 1 nitrogen and oxygen atoms in total. The van der Waals surface area contributed by atoms with E-state index >= 15 is 0 Å². The van der Waals surface area contributed by atoms with E-state index in [1.165, 1.54) is 0 Å². The van der Waals surface area contributed by atoms with Crippen molar-refractivity contribution in [2.45, 2.75) is 6.92 Å². The second kappa shape index (κ2) is 2.76. The van der Waals surface area contributed by atoms with Gasteiger partial charge in [-0.1, -0.05) is 11.6 Å². The third-order valence-corrected chi connectivity index (χ3v) is 2.82. The van der Waals surface area contributed by atoms with Gasteiger partial charge >= 0.3 is 0 Å². The second-order valence-corrected chi connectivity index (χ2v) is 3.39. The molecule has 0 aromatic rings. The molecule has 0 radical (unpaired) electrons. The van der Waals surface area contributed by atoms with Crippen molar-refractivity contribution in [3.8, 4) is 0 Å². The number of Topliss-reactive ketones (excluding diaryl/α,β-unsaturated/α-hetero) is 1. The van der Waals surface area contributed by atoms with Crippen molar-refractivity contribution >= 4 is 29.1 Å². The maximum absolute atomic E-state index is 10.8. The molecule has 0 aliphatic carbocycles. The SMILES string of the molecule is CC1=C(Cl)CSCC1=O. The number of hydrogen-bond acceptors (Lipinski definition) is 2. The summed E-state index contributed by atoms with van der Waals surface area (Å²) < 4.78 is 0. The zero-order valence-electron chi connectivity index (χ0n) is 5.11. The van der Waals surface area contributed by atoms with E-state index in [4.69, 9.17) is 11.6 Å². The van der Waals surface area contributed by atoms with E-state index in [9.17, 15) is 4.79 Å². The molecule has 0 amide bonds. The lowest BCUT2D eigenvalue weighted by molar-refractivity contribution is -0.113. The molecule has 0 N–H and O–H groups in total. The Hall–Kier alpha value is 0.0500. The predicted molar refractivity (Wildman–Crippen MR) is 40.9 cm³/mol. The fourth-order valence-electron chi connectivity index (χ4n) is 0.601. The van der Waals surface area contributed by atoms with Crippen LogP contribution in [0.3, 0.4) is 0 Å².